The van der Waals surface area contributed by atoms with Crippen LogP contribution in [0.3, 0.4) is 0 Å². The molecule has 6 heteroatoms. The summed E-state index contributed by atoms with van der Waals surface area (Å²) < 4.78 is 23.0. The van der Waals surface area contributed by atoms with Gasteiger partial charge in [-0.15, -0.1) is 22.7 Å². The number of hydrogen-bond donors (Lipinski definition) is 0. The minimum absolute atomic E-state index is 0.197. The molecule has 4 rings (SSSR count). The summed E-state index contributed by atoms with van der Waals surface area (Å²) in [6.07, 6.45) is 0. The molecule has 0 aliphatic carbocycles. The largest absolute Gasteiger partial charge is 0.485 e. The first-order chi connectivity index (χ1) is 10.2. The molecule has 4 nitrogen and oxygen atoms in total. The molecule has 0 atom stereocenters. The second-order valence-electron chi connectivity index (χ2n) is 5.54. The smallest absolute Gasteiger partial charge is 0.176 e. The topological polar surface area (TPSA) is 36.9 Å². The Morgan fingerprint density at radius 1 is 0.762 bits per heavy atom. The van der Waals surface area contributed by atoms with Crippen LogP contribution in [-0.2, 0) is 5.41 Å². The van der Waals surface area contributed by atoms with Crippen molar-refractivity contribution in [2.24, 2.45) is 0 Å². The van der Waals surface area contributed by atoms with Crippen molar-refractivity contribution in [1.82, 2.24) is 0 Å². The van der Waals surface area contributed by atoms with Crippen molar-refractivity contribution >= 4 is 22.7 Å². The van der Waals surface area contributed by atoms with Gasteiger partial charge in [0.15, 0.2) is 23.0 Å². The molecule has 4 heterocycles. The summed E-state index contributed by atoms with van der Waals surface area (Å²) in [6.45, 7) is 6.84. The van der Waals surface area contributed by atoms with Crippen molar-refractivity contribution in [2.45, 2.75) is 19.3 Å². The molecular weight excluding hydrogens is 308 g/mol. The van der Waals surface area contributed by atoms with E-state index < -0.39 is 0 Å². The summed E-state index contributed by atoms with van der Waals surface area (Å²) in [5, 5.41) is 4.06. The fraction of sp³-hybridized carbons (Fsp3) is 0.467. The lowest BCUT2D eigenvalue weighted by Gasteiger charge is -2.27. The Kier molecular flexibility index (Phi) is 3.04. The third-order valence-corrected chi connectivity index (χ3v) is 6.26. The summed E-state index contributed by atoms with van der Waals surface area (Å²) in [5.74, 6) is 3.49. The van der Waals surface area contributed by atoms with E-state index in [1.54, 1.807) is 22.7 Å². The van der Waals surface area contributed by atoms with E-state index in [2.05, 4.69) is 13.8 Å². The van der Waals surface area contributed by atoms with Gasteiger partial charge in [0.25, 0.3) is 0 Å². The Morgan fingerprint density at radius 2 is 1.19 bits per heavy atom. The normalized spacial score (nSPS) is 16.9. The van der Waals surface area contributed by atoms with Crippen molar-refractivity contribution in [3.63, 3.8) is 0 Å². The van der Waals surface area contributed by atoms with Gasteiger partial charge in [0, 0.05) is 16.2 Å². The van der Waals surface area contributed by atoms with E-state index in [-0.39, 0.29) is 5.41 Å². The highest BCUT2D eigenvalue weighted by Gasteiger charge is 2.37. The van der Waals surface area contributed by atoms with Gasteiger partial charge in [-0.3, -0.25) is 0 Å². The first-order valence-electron chi connectivity index (χ1n) is 6.93. The lowest BCUT2D eigenvalue weighted by atomic mass is 9.88. The summed E-state index contributed by atoms with van der Waals surface area (Å²) in [6, 6.07) is 0. The number of rotatable bonds is 2. The Labute approximate surface area is 131 Å². The Bertz CT molecular complexity index is 615. The standard InChI is InChI=1S/C15H16O4S2/c1-15(2,13-11-9(7-20-13)16-3-5-18-11)14-12-10(8-21-14)17-4-6-19-12/h7-8H,3-6H2,1-2H3. The van der Waals surface area contributed by atoms with E-state index in [1.807, 2.05) is 10.8 Å². The molecule has 112 valence electrons. The van der Waals surface area contributed by atoms with E-state index >= 15 is 0 Å². The molecule has 0 aromatic carbocycles. The van der Waals surface area contributed by atoms with E-state index in [1.165, 1.54) is 9.75 Å². The maximum atomic E-state index is 5.84. The van der Waals surface area contributed by atoms with Crippen LogP contribution in [0, 0.1) is 0 Å². The van der Waals surface area contributed by atoms with Gasteiger partial charge in [0.1, 0.15) is 26.4 Å². The van der Waals surface area contributed by atoms with Crippen molar-refractivity contribution < 1.29 is 18.9 Å². The van der Waals surface area contributed by atoms with E-state index in [4.69, 9.17) is 18.9 Å². The second kappa shape index (κ2) is 4.81. The maximum Gasteiger partial charge on any atom is 0.176 e. The van der Waals surface area contributed by atoms with Crippen LogP contribution in [-0.4, -0.2) is 26.4 Å². The first-order valence-corrected chi connectivity index (χ1v) is 8.69. The number of hydrogen-bond acceptors (Lipinski definition) is 6. The van der Waals surface area contributed by atoms with Crippen LogP contribution in [0.15, 0.2) is 10.8 Å². The van der Waals surface area contributed by atoms with Gasteiger partial charge < -0.3 is 18.9 Å². The summed E-state index contributed by atoms with van der Waals surface area (Å²) in [7, 11) is 0. The molecule has 21 heavy (non-hydrogen) atoms. The lowest BCUT2D eigenvalue weighted by molar-refractivity contribution is 0.168. The minimum atomic E-state index is -0.197. The second-order valence-corrected chi connectivity index (χ2v) is 7.29. The summed E-state index contributed by atoms with van der Waals surface area (Å²) in [5.41, 5.74) is -0.197. The lowest BCUT2D eigenvalue weighted by Crippen LogP contribution is -2.22. The van der Waals surface area contributed by atoms with Crippen LogP contribution in [0.4, 0.5) is 0 Å². The monoisotopic (exact) mass is 324 g/mol. The molecule has 2 aromatic heterocycles. The third-order valence-electron chi connectivity index (χ3n) is 3.74. The van der Waals surface area contributed by atoms with Crippen LogP contribution in [0.1, 0.15) is 23.6 Å². The number of thiophene rings is 2. The molecule has 0 fully saturated rings. The molecule has 2 aromatic rings. The van der Waals surface area contributed by atoms with Crippen molar-refractivity contribution in [1.29, 1.82) is 0 Å². The molecule has 0 amide bonds. The predicted octanol–water partition coefficient (Wildman–Crippen LogP) is 3.68. The van der Waals surface area contributed by atoms with Gasteiger partial charge in [-0.25, -0.2) is 0 Å². The van der Waals surface area contributed by atoms with Gasteiger partial charge in [-0.2, -0.15) is 0 Å². The minimum Gasteiger partial charge on any atom is -0.485 e. The molecule has 0 unspecified atom stereocenters. The van der Waals surface area contributed by atoms with Gasteiger partial charge in [-0.05, 0) is 13.8 Å². The fourth-order valence-corrected chi connectivity index (χ4v) is 4.88. The SMILES string of the molecule is CC(C)(c1scc2c1OCCO2)c1scc2c1OCCO2. The predicted molar refractivity (Wildman–Crippen MR) is 82.7 cm³/mol. The summed E-state index contributed by atoms with van der Waals surface area (Å²) in [4.78, 5) is 2.35. The first kappa shape index (κ1) is 13.3. The Morgan fingerprint density at radius 3 is 1.67 bits per heavy atom. The average Bonchev–Trinajstić information content (AvgIpc) is 3.12. The van der Waals surface area contributed by atoms with E-state index in [0.29, 0.717) is 26.4 Å². The third kappa shape index (κ3) is 2.00. The van der Waals surface area contributed by atoms with E-state index in [0.717, 1.165) is 23.0 Å². The van der Waals surface area contributed by atoms with Crippen molar-refractivity contribution in [3.05, 3.63) is 20.5 Å². The molecule has 0 saturated carbocycles. The molecule has 0 spiro atoms. The van der Waals surface area contributed by atoms with Crippen LogP contribution in [0.2, 0.25) is 0 Å². The highest BCUT2D eigenvalue weighted by molar-refractivity contribution is 7.12. The summed E-state index contributed by atoms with van der Waals surface area (Å²) >= 11 is 3.36. The van der Waals surface area contributed by atoms with Crippen molar-refractivity contribution in [2.75, 3.05) is 26.4 Å². The molecule has 2 aliphatic heterocycles. The van der Waals surface area contributed by atoms with Crippen LogP contribution in [0.5, 0.6) is 23.0 Å². The Hall–Kier alpha value is -1.40. The Balaban J connectivity index is 1.79. The van der Waals surface area contributed by atoms with Gasteiger partial charge in [-0.1, -0.05) is 0 Å². The van der Waals surface area contributed by atoms with Gasteiger partial charge in [0.2, 0.25) is 0 Å². The quantitative estimate of drug-likeness (QED) is 0.844. The average molecular weight is 324 g/mol. The zero-order valence-corrected chi connectivity index (χ0v) is 13.6. The number of fused-ring (bicyclic) bond motifs is 2. The molecule has 0 bridgehead atoms. The zero-order valence-electron chi connectivity index (χ0n) is 11.9. The van der Waals surface area contributed by atoms with Gasteiger partial charge >= 0.3 is 0 Å². The highest BCUT2D eigenvalue weighted by Crippen LogP contribution is 2.53. The van der Waals surface area contributed by atoms with Gasteiger partial charge in [0.05, 0.1) is 9.75 Å². The fourth-order valence-electron chi connectivity index (χ4n) is 2.69. The maximum absolute atomic E-state index is 5.84. The van der Waals surface area contributed by atoms with Crippen molar-refractivity contribution in [3.8, 4) is 23.0 Å². The molecular formula is C15H16O4S2. The van der Waals surface area contributed by atoms with Crippen LogP contribution < -0.4 is 18.9 Å². The zero-order chi connectivity index (χ0) is 14.4. The van der Waals surface area contributed by atoms with E-state index in [9.17, 15) is 0 Å². The number of ether oxygens (including phenoxy) is 4. The molecule has 0 N–H and O–H groups in total. The van der Waals surface area contributed by atoms with Crippen LogP contribution >= 0.6 is 22.7 Å². The van der Waals surface area contributed by atoms with Crippen LogP contribution in [0.25, 0.3) is 0 Å². The highest BCUT2D eigenvalue weighted by atomic mass is 32.1. The molecule has 0 saturated heterocycles. The molecule has 2 aliphatic rings. The molecule has 0 radical (unpaired) electrons.